The number of carbonyl (C=O) groups is 1. The first-order valence-electron chi connectivity index (χ1n) is 5.32. The molecule has 2 nitrogen and oxygen atoms in total. The van der Waals surface area contributed by atoms with Gasteiger partial charge in [0.1, 0.15) is 5.78 Å². The van der Waals surface area contributed by atoms with E-state index in [1.807, 2.05) is 13.8 Å². The van der Waals surface area contributed by atoms with Crippen molar-refractivity contribution in [2.45, 2.75) is 45.1 Å². The molecule has 0 heterocycles. The Morgan fingerprint density at radius 2 is 2.23 bits per heavy atom. The van der Waals surface area contributed by atoms with E-state index in [-0.39, 0.29) is 11.8 Å². The highest BCUT2D eigenvalue weighted by atomic mass is 16.3. The molecule has 4 unspecified atom stereocenters. The first kappa shape index (κ1) is 9.20. The van der Waals surface area contributed by atoms with Gasteiger partial charge in [-0.2, -0.15) is 0 Å². The van der Waals surface area contributed by atoms with Gasteiger partial charge in [-0.3, -0.25) is 4.79 Å². The van der Waals surface area contributed by atoms with Crippen molar-refractivity contribution in [3.8, 4) is 0 Å². The van der Waals surface area contributed by atoms with Gasteiger partial charge >= 0.3 is 0 Å². The minimum atomic E-state index is -0.753. The average Bonchev–Trinajstić information content (AvgIpc) is 2.63. The van der Waals surface area contributed by atoms with E-state index in [4.69, 9.17) is 0 Å². The predicted octanol–water partition coefficient (Wildman–Crippen LogP) is 1.76. The molecule has 0 aliphatic heterocycles. The maximum atomic E-state index is 11.8. The zero-order valence-corrected chi connectivity index (χ0v) is 8.42. The van der Waals surface area contributed by atoms with E-state index in [9.17, 15) is 9.90 Å². The summed E-state index contributed by atoms with van der Waals surface area (Å²) in [6.45, 7) is 3.77. The Hall–Kier alpha value is -0.370. The highest BCUT2D eigenvalue weighted by Crippen LogP contribution is 2.50. The molecule has 2 bridgehead atoms. The van der Waals surface area contributed by atoms with Crippen molar-refractivity contribution >= 4 is 5.78 Å². The molecule has 0 spiro atoms. The van der Waals surface area contributed by atoms with Gasteiger partial charge in [-0.05, 0) is 38.5 Å². The average molecular weight is 182 g/mol. The van der Waals surface area contributed by atoms with Gasteiger partial charge in [-0.1, -0.05) is 6.92 Å². The van der Waals surface area contributed by atoms with Gasteiger partial charge in [0.25, 0.3) is 0 Å². The summed E-state index contributed by atoms with van der Waals surface area (Å²) in [5.41, 5.74) is -0.753. The lowest BCUT2D eigenvalue weighted by atomic mass is 9.75. The Morgan fingerprint density at radius 1 is 1.54 bits per heavy atom. The van der Waals surface area contributed by atoms with E-state index in [2.05, 4.69) is 0 Å². The summed E-state index contributed by atoms with van der Waals surface area (Å²) in [6, 6.07) is 0. The van der Waals surface area contributed by atoms with Crippen LogP contribution in [-0.4, -0.2) is 16.5 Å². The molecule has 2 aliphatic rings. The highest BCUT2D eigenvalue weighted by Gasteiger charge is 2.53. The molecule has 13 heavy (non-hydrogen) atoms. The number of Topliss-reactive ketones (excluding diaryl/α,β-unsaturated/α-hetero) is 1. The molecule has 0 aromatic carbocycles. The molecule has 0 saturated heterocycles. The lowest BCUT2D eigenvalue weighted by molar-refractivity contribution is -0.135. The summed E-state index contributed by atoms with van der Waals surface area (Å²) in [5, 5.41) is 10.1. The second-order valence-electron chi connectivity index (χ2n) is 4.86. The van der Waals surface area contributed by atoms with Crippen molar-refractivity contribution in [2.24, 2.45) is 17.8 Å². The summed E-state index contributed by atoms with van der Waals surface area (Å²) in [7, 11) is 0. The molecule has 2 saturated carbocycles. The van der Waals surface area contributed by atoms with E-state index in [1.54, 1.807) is 0 Å². The molecule has 0 aromatic heterocycles. The van der Waals surface area contributed by atoms with Gasteiger partial charge < -0.3 is 5.11 Å². The lowest BCUT2D eigenvalue weighted by Crippen LogP contribution is -2.42. The molecule has 2 fully saturated rings. The van der Waals surface area contributed by atoms with Crippen LogP contribution in [0.1, 0.15) is 39.5 Å². The van der Waals surface area contributed by atoms with Gasteiger partial charge in [0.2, 0.25) is 0 Å². The Morgan fingerprint density at radius 3 is 2.69 bits per heavy atom. The molecule has 74 valence electrons. The summed E-state index contributed by atoms with van der Waals surface area (Å²) >= 11 is 0. The zero-order valence-electron chi connectivity index (χ0n) is 8.42. The summed E-state index contributed by atoms with van der Waals surface area (Å²) < 4.78 is 0. The van der Waals surface area contributed by atoms with Crippen molar-refractivity contribution in [3.05, 3.63) is 0 Å². The van der Waals surface area contributed by atoms with Crippen molar-refractivity contribution in [1.29, 1.82) is 0 Å². The van der Waals surface area contributed by atoms with Crippen LogP contribution in [0.4, 0.5) is 0 Å². The van der Waals surface area contributed by atoms with Crippen LogP contribution in [0, 0.1) is 17.8 Å². The van der Waals surface area contributed by atoms with Crippen molar-refractivity contribution < 1.29 is 9.90 Å². The van der Waals surface area contributed by atoms with Crippen LogP contribution in [0.5, 0.6) is 0 Å². The van der Waals surface area contributed by atoms with Crippen LogP contribution < -0.4 is 0 Å². The summed E-state index contributed by atoms with van der Waals surface area (Å²) in [5.74, 6) is 1.04. The highest BCUT2D eigenvalue weighted by molar-refractivity contribution is 5.87. The predicted molar refractivity (Wildman–Crippen MR) is 50.2 cm³/mol. The molecule has 2 rings (SSSR count). The van der Waals surface area contributed by atoms with E-state index in [0.29, 0.717) is 18.1 Å². The largest absolute Gasteiger partial charge is 0.389 e. The van der Waals surface area contributed by atoms with E-state index in [0.717, 1.165) is 19.3 Å². The van der Waals surface area contributed by atoms with Crippen molar-refractivity contribution in [2.75, 3.05) is 0 Å². The standard InChI is InChI=1S/C11H18O2/c1-3-11(2,13)9-7-4-5-8(6-7)10(9)12/h7-9,13H,3-6H2,1-2H3. The first-order chi connectivity index (χ1) is 6.06. The number of aliphatic hydroxyl groups is 1. The van der Waals surface area contributed by atoms with Crippen LogP contribution in [0.3, 0.4) is 0 Å². The number of hydrogen-bond acceptors (Lipinski definition) is 2. The van der Waals surface area contributed by atoms with Crippen LogP contribution in [0.25, 0.3) is 0 Å². The van der Waals surface area contributed by atoms with Crippen LogP contribution >= 0.6 is 0 Å². The number of fused-ring (bicyclic) bond motifs is 2. The second-order valence-corrected chi connectivity index (χ2v) is 4.86. The molecule has 0 radical (unpaired) electrons. The molecule has 2 heteroatoms. The molecule has 0 amide bonds. The molecular weight excluding hydrogens is 164 g/mol. The van der Waals surface area contributed by atoms with Crippen molar-refractivity contribution in [1.82, 2.24) is 0 Å². The number of hydrogen-bond donors (Lipinski definition) is 1. The zero-order chi connectivity index (χ0) is 9.64. The normalized spacial score (nSPS) is 42.4. The Bertz CT molecular complexity index is 232. The smallest absolute Gasteiger partial charge is 0.142 e. The number of carbonyl (C=O) groups excluding carboxylic acids is 1. The second kappa shape index (κ2) is 2.81. The van der Waals surface area contributed by atoms with Gasteiger partial charge in [0, 0.05) is 11.8 Å². The topological polar surface area (TPSA) is 37.3 Å². The Labute approximate surface area is 79.3 Å². The Balaban J connectivity index is 2.21. The minimum absolute atomic E-state index is 0.0590. The molecule has 0 aromatic rings. The first-order valence-corrected chi connectivity index (χ1v) is 5.32. The third kappa shape index (κ3) is 1.23. The number of rotatable bonds is 2. The maximum Gasteiger partial charge on any atom is 0.142 e. The summed E-state index contributed by atoms with van der Waals surface area (Å²) in [4.78, 5) is 11.8. The fraction of sp³-hybridized carbons (Fsp3) is 0.909. The molecule has 2 aliphatic carbocycles. The van der Waals surface area contributed by atoms with Crippen LogP contribution in [-0.2, 0) is 4.79 Å². The lowest BCUT2D eigenvalue weighted by Gasteiger charge is -2.33. The fourth-order valence-electron chi connectivity index (χ4n) is 3.10. The summed E-state index contributed by atoms with van der Waals surface area (Å²) in [6.07, 6.45) is 3.95. The van der Waals surface area contributed by atoms with Crippen LogP contribution in [0.2, 0.25) is 0 Å². The molecular formula is C11H18O2. The third-order valence-corrected chi connectivity index (χ3v) is 4.04. The quantitative estimate of drug-likeness (QED) is 0.706. The maximum absolute atomic E-state index is 11.8. The Kier molecular flexibility index (Phi) is 1.99. The molecule has 1 N–H and O–H groups in total. The fourth-order valence-corrected chi connectivity index (χ4v) is 3.10. The molecule has 4 atom stereocenters. The van der Waals surface area contributed by atoms with Gasteiger partial charge in [-0.25, -0.2) is 0 Å². The van der Waals surface area contributed by atoms with Gasteiger partial charge in [-0.15, -0.1) is 0 Å². The van der Waals surface area contributed by atoms with E-state index < -0.39 is 5.60 Å². The minimum Gasteiger partial charge on any atom is -0.389 e. The van der Waals surface area contributed by atoms with E-state index >= 15 is 0 Å². The van der Waals surface area contributed by atoms with Gasteiger partial charge in [0.15, 0.2) is 0 Å². The van der Waals surface area contributed by atoms with Crippen molar-refractivity contribution in [3.63, 3.8) is 0 Å². The van der Waals surface area contributed by atoms with Gasteiger partial charge in [0.05, 0.1) is 5.60 Å². The SMILES string of the molecule is CCC(C)(O)C1C(=O)C2CCC1C2. The monoisotopic (exact) mass is 182 g/mol. The third-order valence-electron chi connectivity index (χ3n) is 4.04. The van der Waals surface area contributed by atoms with E-state index in [1.165, 1.54) is 0 Å². The van der Waals surface area contributed by atoms with Crippen LogP contribution in [0.15, 0.2) is 0 Å². The number of ketones is 1.